The summed E-state index contributed by atoms with van der Waals surface area (Å²) in [6.07, 6.45) is 0. The summed E-state index contributed by atoms with van der Waals surface area (Å²) in [4.78, 5) is 0. The Hall–Kier alpha value is -2.37. The van der Waals surface area contributed by atoms with E-state index in [4.69, 9.17) is 4.74 Å². The average Bonchev–Trinajstić information content (AvgIpc) is 2.66. The van der Waals surface area contributed by atoms with Crippen molar-refractivity contribution in [2.45, 2.75) is 0 Å². The summed E-state index contributed by atoms with van der Waals surface area (Å²) >= 11 is 0. The number of hydrogen-bond acceptors (Lipinski definition) is 1. The molecule has 0 unspecified atom stereocenters. The smallest absolute Gasteiger partial charge is 0.127 e. The minimum absolute atomic E-state index is 0.242. The largest absolute Gasteiger partial charge is 0.496 e. The maximum Gasteiger partial charge on any atom is 0.127 e. The van der Waals surface area contributed by atoms with Crippen LogP contribution in [0.25, 0.3) is 32.7 Å². The predicted molar refractivity (Wildman–Crippen MR) is 112 cm³/mol. The van der Waals surface area contributed by atoms with Crippen molar-refractivity contribution in [3.63, 3.8) is 0 Å². The molecule has 0 aliphatic rings. The van der Waals surface area contributed by atoms with Crippen LogP contribution in [0, 0.1) is 0 Å². The first-order chi connectivity index (χ1) is 12.2. The van der Waals surface area contributed by atoms with Crippen LogP contribution in [-0.4, -0.2) is 20.4 Å². The lowest BCUT2D eigenvalue weighted by Gasteiger charge is -2.20. The van der Waals surface area contributed by atoms with Crippen molar-refractivity contribution in [2.75, 3.05) is 20.4 Å². The lowest BCUT2D eigenvalue weighted by atomic mass is 9.93. The fourth-order valence-electron chi connectivity index (χ4n) is 3.57. The molecule has 0 amide bonds. The molecule has 0 aliphatic heterocycles. The molecule has 0 bridgehead atoms. The van der Waals surface area contributed by atoms with E-state index in [-0.39, 0.29) is 7.92 Å². The summed E-state index contributed by atoms with van der Waals surface area (Å²) in [5.41, 5.74) is 2.53. The number of fused-ring (bicyclic) bond motifs is 2. The van der Waals surface area contributed by atoms with Crippen LogP contribution in [-0.2, 0) is 0 Å². The third kappa shape index (κ3) is 2.69. The molecule has 0 spiro atoms. The molecule has 0 saturated carbocycles. The molecule has 0 atom stereocenters. The molecule has 0 N–H and O–H groups in total. The van der Waals surface area contributed by atoms with Gasteiger partial charge in [-0.15, -0.1) is 0 Å². The molecule has 1 nitrogen and oxygen atoms in total. The van der Waals surface area contributed by atoms with Crippen LogP contribution < -0.4 is 10.0 Å². The quantitative estimate of drug-likeness (QED) is 0.412. The van der Waals surface area contributed by atoms with Crippen LogP contribution in [0.2, 0.25) is 0 Å². The van der Waals surface area contributed by atoms with Crippen molar-refractivity contribution in [1.82, 2.24) is 0 Å². The van der Waals surface area contributed by atoms with Crippen LogP contribution in [0.5, 0.6) is 5.75 Å². The van der Waals surface area contributed by atoms with Crippen LogP contribution >= 0.6 is 7.92 Å². The van der Waals surface area contributed by atoms with Gasteiger partial charge in [-0.2, -0.15) is 0 Å². The fourth-order valence-corrected chi connectivity index (χ4v) is 4.63. The molecule has 0 heterocycles. The Morgan fingerprint density at radius 3 is 1.80 bits per heavy atom. The summed E-state index contributed by atoms with van der Waals surface area (Å²) < 4.78 is 5.80. The van der Waals surface area contributed by atoms with E-state index in [9.17, 15) is 0 Å². The van der Waals surface area contributed by atoms with E-state index < -0.39 is 0 Å². The van der Waals surface area contributed by atoms with E-state index in [1.54, 1.807) is 7.11 Å². The molecule has 4 aromatic carbocycles. The van der Waals surface area contributed by atoms with Gasteiger partial charge in [0.15, 0.2) is 0 Å². The van der Waals surface area contributed by atoms with Gasteiger partial charge in [-0.25, -0.2) is 0 Å². The monoisotopic (exact) mass is 344 g/mol. The first kappa shape index (κ1) is 16.1. The highest BCUT2D eigenvalue weighted by atomic mass is 31.1. The summed E-state index contributed by atoms with van der Waals surface area (Å²) in [6.45, 7) is 4.64. The molecule has 0 saturated heterocycles. The van der Waals surface area contributed by atoms with Gasteiger partial charge >= 0.3 is 0 Å². The third-order valence-corrected chi connectivity index (χ3v) is 6.09. The Kier molecular flexibility index (Phi) is 4.19. The molecule has 25 heavy (non-hydrogen) atoms. The van der Waals surface area contributed by atoms with Crippen LogP contribution in [0.1, 0.15) is 0 Å². The molecular formula is C23H21OP. The van der Waals surface area contributed by atoms with Crippen molar-refractivity contribution >= 4 is 34.8 Å². The second-order valence-corrected chi connectivity index (χ2v) is 8.71. The van der Waals surface area contributed by atoms with Gasteiger partial charge in [-0.3, -0.25) is 0 Å². The van der Waals surface area contributed by atoms with Gasteiger partial charge in [0.2, 0.25) is 0 Å². The van der Waals surface area contributed by atoms with Gasteiger partial charge in [0.25, 0.3) is 0 Å². The molecular weight excluding hydrogens is 323 g/mol. The minimum atomic E-state index is -0.242. The minimum Gasteiger partial charge on any atom is -0.496 e. The average molecular weight is 344 g/mol. The normalized spacial score (nSPS) is 11.4. The van der Waals surface area contributed by atoms with Gasteiger partial charge in [0.1, 0.15) is 5.75 Å². The van der Waals surface area contributed by atoms with Crippen molar-refractivity contribution in [2.24, 2.45) is 0 Å². The van der Waals surface area contributed by atoms with E-state index in [0.717, 1.165) is 5.75 Å². The summed E-state index contributed by atoms with van der Waals surface area (Å²) in [5, 5.41) is 6.48. The predicted octanol–water partition coefficient (Wildman–Crippen LogP) is 6.04. The topological polar surface area (TPSA) is 9.23 Å². The highest BCUT2D eigenvalue weighted by Crippen LogP contribution is 2.43. The molecule has 0 aliphatic carbocycles. The van der Waals surface area contributed by atoms with E-state index in [1.165, 1.54) is 38.0 Å². The number of benzene rings is 4. The molecule has 4 rings (SSSR count). The van der Waals surface area contributed by atoms with Gasteiger partial charge in [-0.1, -0.05) is 74.7 Å². The number of ether oxygens (including phenoxy) is 1. The first-order valence-corrected chi connectivity index (χ1v) is 10.7. The Bertz CT molecular complexity index is 1070. The van der Waals surface area contributed by atoms with Crippen molar-refractivity contribution in [3.8, 4) is 16.9 Å². The maximum atomic E-state index is 5.80. The fraction of sp³-hybridized carbons (Fsp3) is 0.130. The molecule has 124 valence electrons. The summed E-state index contributed by atoms with van der Waals surface area (Å²) in [7, 11) is 1.52. The summed E-state index contributed by atoms with van der Waals surface area (Å²) in [6, 6.07) is 26.0. The molecule has 0 radical (unpaired) electrons. The van der Waals surface area contributed by atoms with Crippen molar-refractivity contribution in [3.05, 3.63) is 72.8 Å². The second-order valence-electron chi connectivity index (χ2n) is 6.44. The van der Waals surface area contributed by atoms with Crippen molar-refractivity contribution in [1.29, 1.82) is 0 Å². The number of hydrogen-bond donors (Lipinski definition) is 0. The Balaban J connectivity index is 2.22. The van der Waals surface area contributed by atoms with Crippen LogP contribution in [0.4, 0.5) is 0 Å². The van der Waals surface area contributed by atoms with Crippen LogP contribution in [0.15, 0.2) is 72.8 Å². The van der Waals surface area contributed by atoms with E-state index in [2.05, 4.69) is 86.1 Å². The van der Waals surface area contributed by atoms with Gasteiger partial charge in [0.05, 0.1) is 7.11 Å². The number of rotatable bonds is 3. The first-order valence-electron chi connectivity index (χ1n) is 8.46. The van der Waals surface area contributed by atoms with Gasteiger partial charge < -0.3 is 4.74 Å². The van der Waals surface area contributed by atoms with Gasteiger partial charge in [-0.05, 0) is 46.2 Å². The molecule has 0 aromatic heterocycles. The lowest BCUT2D eigenvalue weighted by molar-refractivity contribution is 0.417. The Morgan fingerprint density at radius 2 is 1.20 bits per heavy atom. The number of methoxy groups -OCH3 is 1. The van der Waals surface area contributed by atoms with Crippen LogP contribution in [0.3, 0.4) is 0 Å². The standard InChI is InChI=1S/C23H21OP/c1-24-20-14-12-16-8-4-6-10-18(16)22(20)23-19-11-7-5-9-17(19)13-15-21(23)25(2)3/h4-15H,1-3H3. The molecule has 0 fully saturated rings. The second kappa shape index (κ2) is 6.50. The highest BCUT2D eigenvalue weighted by Gasteiger charge is 2.18. The third-order valence-electron chi connectivity index (χ3n) is 4.75. The molecule has 4 aromatic rings. The van der Waals surface area contributed by atoms with Gasteiger partial charge in [0, 0.05) is 11.1 Å². The maximum absolute atomic E-state index is 5.80. The molecule has 2 heteroatoms. The summed E-state index contributed by atoms with van der Waals surface area (Å²) in [5.74, 6) is 0.938. The SMILES string of the molecule is COc1ccc2ccccc2c1-c1c(P(C)C)ccc2ccccc12. The van der Waals surface area contributed by atoms with E-state index in [0.29, 0.717) is 0 Å². The van der Waals surface area contributed by atoms with E-state index in [1.807, 2.05) is 0 Å². The zero-order chi connectivity index (χ0) is 17.4. The zero-order valence-corrected chi connectivity index (χ0v) is 15.7. The zero-order valence-electron chi connectivity index (χ0n) is 14.8. The highest BCUT2D eigenvalue weighted by molar-refractivity contribution is 7.64. The van der Waals surface area contributed by atoms with Crippen molar-refractivity contribution < 1.29 is 4.74 Å². The van der Waals surface area contributed by atoms with E-state index >= 15 is 0 Å². The Labute approximate surface area is 150 Å². The Morgan fingerprint density at radius 1 is 0.640 bits per heavy atom. The lowest BCUT2D eigenvalue weighted by Crippen LogP contribution is -2.06.